The fourth-order valence-electron chi connectivity index (χ4n) is 1.26. The average molecular weight is 248 g/mol. The highest BCUT2D eigenvalue weighted by atomic mass is 28.3. The molecule has 0 saturated heterocycles. The lowest BCUT2D eigenvalue weighted by Crippen LogP contribution is -2.33. The summed E-state index contributed by atoms with van der Waals surface area (Å²) in [7, 11) is -1.60. The molecule has 0 spiro atoms. The molecule has 16 heavy (non-hydrogen) atoms. The van der Waals surface area contributed by atoms with Crippen LogP contribution in [0.15, 0.2) is 0 Å². The molecule has 0 rings (SSSR count). The number of rotatable bonds is 8. The van der Waals surface area contributed by atoms with E-state index in [1.54, 1.807) is 0 Å². The smallest absolute Gasteiger partial charge is 0.321 e. The number of hydrogen-bond acceptors (Lipinski definition) is 3. The van der Waals surface area contributed by atoms with Gasteiger partial charge in [-0.15, -0.1) is 0 Å². The molecular formula is C10H24N2O3Si. The van der Waals surface area contributed by atoms with E-state index in [0.29, 0.717) is 6.54 Å². The summed E-state index contributed by atoms with van der Waals surface area (Å²) in [5.74, 6) is 0. The van der Waals surface area contributed by atoms with Gasteiger partial charge in [0.15, 0.2) is 0 Å². The van der Waals surface area contributed by atoms with E-state index < -0.39 is 15.3 Å². The molecule has 2 amide bonds. The first-order chi connectivity index (χ1) is 7.41. The highest BCUT2D eigenvalue weighted by Gasteiger charge is 2.16. The summed E-state index contributed by atoms with van der Waals surface area (Å²) >= 11 is 0. The standard InChI is InChI=1S/C10H24N2O3Si/c1-8(2)14-16(15-9(3)4)7-5-6-12-10(11)13/h8-9,16H,5-7H2,1-4H3,(H3,11,12,13). The van der Waals surface area contributed by atoms with Crippen LogP contribution in [0.3, 0.4) is 0 Å². The first kappa shape index (κ1) is 15.4. The van der Waals surface area contributed by atoms with Gasteiger partial charge in [0, 0.05) is 18.8 Å². The van der Waals surface area contributed by atoms with Crippen LogP contribution in [-0.4, -0.2) is 34.1 Å². The van der Waals surface area contributed by atoms with Crippen LogP contribution in [0.1, 0.15) is 34.1 Å². The molecule has 0 aromatic rings. The Morgan fingerprint density at radius 2 is 1.75 bits per heavy atom. The predicted molar refractivity (Wildman–Crippen MR) is 66.6 cm³/mol. The van der Waals surface area contributed by atoms with Gasteiger partial charge in [-0.25, -0.2) is 4.79 Å². The Morgan fingerprint density at radius 3 is 2.12 bits per heavy atom. The van der Waals surface area contributed by atoms with Gasteiger partial charge in [-0.2, -0.15) is 0 Å². The van der Waals surface area contributed by atoms with Gasteiger partial charge < -0.3 is 19.9 Å². The number of primary amides is 1. The molecule has 0 aromatic carbocycles. The number of amides is 2. The molecule has 5 nitrogen and oxygen atoms in total. The van der Waals surface area contributed by atoms with Crippen molar-refractivity contribution in [1.82, 2.24) is 5.32 Å². The number of carbonyl (C=O) groups excluding carboxylic acids is 1. The molecule has 96 valence electrons. The van der Waals surface area contributed by atoms with Gasteiger partial charge in [-0.05, 0) is 40.2 Å². The summed E-state index contributed by atoms with van der Waals surface area (Å²) < 4.78 is 11.5. The predicted octanol–water partition coefficient (Wildman–Crippen LogP) is 1.12. The number of nitrogens with two attached hydrogens (primary N) is 1. The summed E-state index contributed by atoms with van der Waals surface area (Å²) in [4.78, 5) is 10.5. The third-order valence-corrected chi connectivity index (χ3v) is 4.34. The Morgan fingerprint density at radius 1 is 1.25 bits per heavy atom. The molecule has 0 unspecified atom stereocenters. The van der Waals surface area contributed by atoms with E-state index in [4.69, 9.17) is 14.6 Å². The van der Waals surface area contributed by atoms with Crippen LogP contribution in [0.5, 0.6) is 0 Å². The van der Waals surface area contributed by atoms with Crippen LogP contribution < -0.4 is 11.1 Å². The van der Waals surface area contributed by atoms with Crippen molar-refractivity contribution in [1.29, 1.82) is 0 Å². The van der Waals surface area contributed by atoms with Crippen molar-refractivity contribution < 1.29 is 13.6 Å². The average Bonchev–Trinajstić information content (AvgIpc) is 2.09. The molecule has 0 aliphatic rings. The van der Waals surface area contributed by atoms with Crippen molar-refractivity contribution >= 4 is 15.3 Å². The lowest BCUT2D eigenvalue weighted by atomic mass is 10.5. The molecule has 0 radical (unpaired) electrons. The minimum absolute atomic E-state index is 0.194. The summed E-state index contributed by atoms with van der Waals surface area (Å²) in [6, 6.07) is 0.407. The van der Waals surface area contributed by atoms with E-state index in [2.05, 4.69) is 5.32 Å². The summed E-state index contributed by atoms with van der Waals surface area (Å²) in [6.07, 6.45) is 1.23. The minimum Gasteiger partial charge on any atom is -0.394 e. The monoisotopic (exact) mass is 248 g/mol. The second-order valence-electron chi connectivity index (χ2n) is 4.23. The molecule has 0 heterocycles. The summed E-state index contributed by atoms with van der Waals surface area (Å²) in [6.45, 7) is 8.61. The van der Waals surface area contributed by atoms with Crippen LogP contribution in [0.4, 0.5) is 4.79 Å². The first-order valence-corrected chi connectivity index (χ1v) is 7.52. The van der Waals surface area contributed by atoms with Crippen molar-refractivity contribution in [3.05, 3.63) is 0 Å². The fourth-order valence-corrected chi connectivity index (χ4v) is 3.34. The second-order valence-corrected chi connectivity index (χ2v) is 6.21. The van der Waals surface area contributed by atoms with Crippen molar-refractivity contribution in [2.24, 2.45) is 5.73 Å². The zero-order valence-electron chi connectivity index (χ0n) is 10.7. The molecule has 0 fully saturated rings. The Bertz CT molecular complexity index is 191. The van der Waals surface area contributed by atoms with E-state index in [1.165, 1.54) is 0 Å². The first-order valence-electron chi connectivity index (χ1n) is 5.76. The van der Waals surface area contributed by atoms with E-state index >= 15 is 0 Å². The Labute approximate surface area is 99.5 Å². The van der Waals surface area contributed by atoms with Crippen molar-refractivity contribution in [2.75, 3.05) is 6.54 Å². The van der Waals surface area contributed by atoms with Crippen LogP contribution in [-0.2, 0) is 8.85 Å². The quantitative estimate of drug-likeness (QED) is 0.499. The SMILES string of the molecule is CC(C)O[SiH](CCCNC(N)=O)OC(C)C. The lowest BCUT2D eigenvalue weighted by molar-refractivity contribution is 0.129. The van der Waals surface area contributed by atoms with Gasteiger partial charge in [0.05, 0.1) is 0 Å². The van der Waals surface area contributed by atoms with Crippen LogP contribution in [0.2, 0.25) is 6.04 Å². The molecule has 0 bridgehead atoms. The van der Waals surface area contributed by atoms with E-state index in [0.717, 1.165) is 12.5 Å². The number of hydrogen-bond donors (Lipinski definition) is 2. The van der Waals surface area contributed by atoms with Crippen molar-refractivity contribution in [3.63, 3.8) is 0 Å². The normalized spacial score (nSPS) is 11.4. The third-order valence-electron chi connectivity index (χ3n) is 1.76. The molecule has 0 aliphatic carbocycles. The fraction of sp³-hybridized carbons (Fsp3) is 0.900. The molecule has 0 aromatic heterocycles. The molecular weight excluding hydrogens is 224 g/mol. The topological polar surface area (TPSA) is 73.6 Å². The van der Waals surface area contributed by atoms with E-state index in [-0.39, 0.29) is 12.2 Å². The maximum atomic E-state index is 10.5. The number of urea groups is 1. The van der Waals surface area contributed by atoms with Crippen molar-refractivity contribution in [3.8, 4) is 0 Å². The van der Waals surface area contributed by atoms with Crippen LogP contribution in [0.25, 0.3) is 0 Å². The van der Waals surface area contributed by atoms with Gasteiger partial charge in [-0.1, -0.05) is 0 Å². The van der Waals surface area contributed by atoms with Crippen LogP contribution in [0, 0.1) is 0 Å². The molecule has 6 heteroatoms. The Hall–Kier alpha value is -0.593. The largest absolute Gasteiger partial charge is 0.394 e. The van der Waals surface area contributed by atoms with Crippen molar-refractivity contribution in [2.45, 2.75) is 52.4 Å². The van der Waals surface area contributed by atoms with E-state index in [9.17, 15) is 4.79 Å². The van der Waals surface area contributed by atoms with Gasteiger partial charge in [0.25, 0.3) is 0 Å². The summed E-state index contributed by atoms with van der Waals surface area (Å²) in [5.41, 5.74) is 4.97. The molecule has 3 N–H and O–H groups in total. The number of nitrogens with one attached hydrogen (secondary N) is 1. The van der Waals surface area contributed by atoms with Crippen LogP contribution >= 0.6 is 0 Å². The molecule has 0 aliphatic heterocycles. The van der Waals surface area contributed by atoms with Gasteiger partial charge >= 0.3 is 15.3 Å². The zero-order valence-corrected chi connectivity index (χ0v) is 11.8. The third kappa shape index (κ3) is 9.94. The molecule has 0 saturated carbocycles. The highest BCUT2D eigenvalue weighted by Crippen LogP contribution is 2.07. The van der Waals surface area contributed by atoms with Gasteiger partial charge in [0.2, 0.25) is 0 Å². The van der Waals surface area contributed by atoms with Gasteiger partial charge in [0.1, 0.15) is 0 Å². The second kappa shape index (κ2) is 8.55. The van der Waals surface area contributed by atoms with Gasteiger partial charge in [-0.3, -0.25) is 0 Å². The zero-order chi connectivity index (χ0) is 12.6. The molecule has 0 atom stereocenters. The number of carbonyl (C=O) groups is 1. The van der Waals surface area contributed by atoms with E-state index in [1.807, 2.05) is 27.7 Å². The Kier molecular flexibility index (Phi) is 8.23. The maximum absolute atomic E-state index is 10.5. The maximum Gasteiger partial charge on any atom is 0.321 e. The summed E-state index contributed by atoms with van der Waals surface area (Å²) in [5, 5.41) is 2.56. The lowest BCUT2D eigenvalue weighted by Gasteiger charge is -2.21. The minimum atomic E-state index is -1.60. The highest BCUT2D eigenvalue weighted by molar-refractivity contribution is 6.44. The Balaban J connectivity index is 3.77.